The van der Waals surface area contributed by atoms with Crippen LogP contribution in [0, 0.1) is 0 Å². The molecule has 0 atom stereocenters. The van der Waals surface area contributed by atoms with Crippen molar-refractivity contribution < 1.29 is 17.9 Å². The van der Waals surface area contributed by atoms with Crippen molar-refractivity contribution in [2.45, 2.75) is 25.2 Å². The van der Waals surface area contributed by atoms with E-state index in [2.05, 4.69) is 33.8 Å². The van der Waals surface area contributed by atoms with Crippen LogP contribution in [0.2, 0.25) is 0 Å². The maximum Gasteiger partial charge on any atom is 0.243 e. The van der Waals surface area contributed by atoms with Gasteiger partial charge in [-0.1, -0.05) is 0 Å². The first-order valence-electron chi connectivity index (χ1n) is 10.8. The predicted molar refractivity (Wildman–Crippen MR) is 119 cm³/mol. The summed E-state index contributed by atoms with van der Waals surface area (Å²) in [5, 5.41) is 8.69. The lowest BCUT2D eigenvalue weighted by Crippen LogP contribution is -2.49. The number of anilines is 2. The molecule has 1 fully saturated rings. The number of hydrogen-bond acceptors (Lipinski definition) is 8. The molecule has 2 aliphatic rings. The Morgan fingerprint density at radius 2 is 1.65 bits per heavy atom. The number of benzene rings is 1. The lowest BCUT2D eigenvalue weighted by molar-refractivity contribution is 0.296. The third-order valence-corrected chi connectivity index (χ3v) is 7.54. The average molecular weight is 448 g/mol. The summed E-state index contributed by atoms with van der Waals surface area (Å²) in [7, 11) is -3.61. The van der Waals surface area contributed by atoms with E-state index in [0.717, 1.165) is 31.1 Å². The minimum atomic E-state index is -3.61. The zero-order chi connectivity index (χ0) is 21.8. The van der Waals surface area contributed by atoms with Gasteiger partial charge in [0.25, 0.3) is 0 Å². The molecule has 1 saturated heterocycles. The molecule has 3 heterocycles. The van der Waals surface area contributed by atoms with Crippen molar-refractivity contribution in [3.8, 4) is 11.5 Å². The molecule has 31 heavy (non-hydrogen) atoms. The summed E-state index contributed by atoms with van der Waals surface area (Å²) in [5.74, 6) is 2.70. The molecule has 0 amide bonds. The second kappa shape index (κ2) is 9.27. The summed E-state index contributed by atoms with van der Waals surface area (Å²) in [6, 6.07) is 8.76. The topological polar surface area (TPSA) is 88.1 Å². The van der Waals surface area contributed by atoms with Gasteiger partial charge in [-0.3, -0.25) is 0 Å². The Balaban J connectivity index is 1.43. The Hall–Kier alpha value is -2.59. The summed E-state index contributed by atoms with van der Waals surface area (Å²) in [5.41, 5.74) is 0. The molecule has 0 unspecified atom stereocenters. The number of nitrogens with zero attached hydrogens (tertiary/aromatic N) is 5. The van der Waals surface area contributed by atoms with Crippen molar-refractivity contribution >= 4 is 21.7 Å². The average Bonchev–Trinajstić information content (AvgIpc) is 3.05. The Labute approximate surface area is 183 Å². The first-order valence-corrected chi connectivity index (χ1v) is 12.2. The number of aromatic nitrogens is 2. The van der Waals surface area contributed by atoms with Crippen LogP contribution in [0.15, 0.2) is 35.2 Å². The van der Waals surface area contributed by atoms with Crippen molar-refractivity contribution in [1.29, 1.82) is 0 Å². The highest BCUT2D eigenvalue weighted by Crippen LogP contribution is 2.33. The molecule has 0 N–H and O–H groups in total. The highest BCUT2D eigenvalue weighted by Gasteiger charge is 2.30. The van der Waals surface area contributed by atoms with Gasteiger partial charge in [-0.2, -0.15) is 4.31 Å². The monoisotopic (exact) mass is 447 g/mol. The summed E-state index contributed by atoms with van der Waals surface area (Å²) in [4.78, 5) is 4.43. The molecular formula is C21H29N5O4S. The van der Waals surface area contributed by atoms with Crippen LogP contribution < -0.4 is 19.3 Å². The van der Waals surface area contributed by atoms with E-state index in [-0.39, 0.29) is 4.90 Å². The number of hydrogen-bond donors (Lipinski definition) is 0. The van der Waals surface area contributed by atoms with Gasteiger partial charge in [-0.25, -0.2) is 8.42 Å². The molecule has 1 aromatic heterocycles. The van der Waals surface area contributed by atoms with E-state index in [4.69, 9.17) is 9.47 Å². The fourth-order valence-electron chi connectivity index (χ4n) is 3.81. The number of piperazine rings is 1. The minimum absolute atomic E-state index is 0.230. The highest BCUT2D eigenvalue weighted by atomic mass is 32.2. The van der Waals surface area contributed by atoms with Gasteiger partial charge >= 0.3 is 0 Å². The number of ether oxygens (including phenoxy) is 2. The molecule has 9 nitrogen and oxygen atoms in total. The van der Waals surface area contributed by atoms with Crippen molar-refractivity contribution in [2.75, 3.05) is 62.3 Å². The molecule has 2 aromatic rings. The first-order chi connectivity index (χ1) is 15.0. The molecule has 1 aromatic carbocycles. The maximum atomic E-state index is 13.2. The van der Waals surface area contributed by atoms with E-state index in [1.807, 2.05) is 12.1 Å². The smallest absolute Gasteiger partial charge is 0.243 e. The second-order valence-corrected chi connectivity index (χ2v) is 9.41. The molecule has 0 radical (unpaired) electrons. The summed E-state index contributed by atoms with van der Waals surface area (Å²) in [6.45, 7) is 8.90. The van der Waals surface area contributed by atoms with Gasteiger partial charge in [0.05, 0.1) is 18.1 Å². The van der Waals surface area contributed by atoms with E-state index in [1.54, 1.807) is 18.2 Å². The Morgan fingerprint density at radius 1 is 0.935 bits per heavy atom. The fraction of sp³-hybridized carbons (Fsp3) is 0.524. The van der Waals surface area contributed by atoms with Gasteiger partial charge < -0.3 is 19.3 Å². The van der Waals surface area contributed by atoms with E-state index in [9.17, 15) is 8.42 Å². The van der Waals surface area contributed by atoms with E-state index in [0.29, 0.717) is 50.9 Å². The Morgan fingerprint density at radius 3 is 2.29 bits per heavy atom. The van der Waals surface area contributed by atoms with Gasteiger partial charge in [0.2, 0.25) is 10.0 Å². The zero-order valence-corrected chi connectivity index (χ0v) is 18.8. The largest absolute Gasteiger partial charge is 0.490 e. The van der Waals surface area contributed by atoms with Crippen molar-refractivity contribution in [3.63, 3.8) is 0 Å². The van der Waals surface area contributed by atoms with Crippen LogP contribution >= 0.6 is 0 Å². The Bertz CT molecular complexity index is 987. The molecule has 10 heteroatoms. The SMILES string of the molecule is CCN(CC)c1ccc(N2CCN(S(=O)(=O)c3ccc4c(c3)OCCCO4)CC2)nn1. The standard InChI is InChI=1S/C21H29N5O4S/c1-3-24(4-2)20-8-9-21(23-22-20)25-10-12-26(13-11-25)31(27,28)17-6-7-18-19(16-17)30-15-5-14-29-18/h6-9,16H,3-5,10-15H2,1-2H3. The maximum absolute atomic E-state index is 13.2. The third-order valence-electron chi connectivity index (χ3n) is 5.64. The lowest BCUT2D eigenvalue weighted by atomic mass is 10.3. The van der Waals surface area contributed by atoms with Crippen LogP contribution in [-0.4, -0.2) is 75.4 Å². The number of sulfonamides is 1. The van der Waals surface area contributed by atoms with Crippen molar-refractivity contribution in [1.82, 2.24) is 14.5 Å². The normalized spacial score (nSPS) is 17.3. The minimum Gasteiger partial charge on any atom is -0.490 e. The van der Waals surface area contributed by atoms with Gasteiger partial charge in [-0.15, -0.1) is 10.2 Å². The predicted octanol–water partition coefficient (Wildman–Crippen LogP) is 1.99. The second-order valence-electron chi connectivity index (χ2n) is 7.47. The van der Waals surface area contributed by atoms with E-state index in [1.165, 1.54) is 4.31 Å². The summed E-state index contributed by atoms with van der Waals surface area (Å²) >= 11 is 0. The van der Waals surface area contributed by atoms with Crippen LogP contribution in [-0.2, 0) is 10.0 Å². The van der Waals surface area contributed by atoms with Crippen LogP contribution in [0.25, 0.3) is 0 Å². The molecule has 0 spiro atoms. The zero-order valence-electron chi connectivity index (χ0n) is 18.0. The van der Waals surface area contributed by atoms with Crippen molar-refractivity contribution in [3.05, 3.63) is 30.3 Å². The molecule has 4 rings (SSSR count). The number of rotatable bonds is 6. The quantitative estimate of drug-likeness (QED) is 0.664. The molecule has 0 saturated carbocycles. The van der Waals surface area contributed by atoms with Gasteiger partial charge in [0, 0.05) is 51.8 Å². The van der Waals surface area contributed by atoms with Crippen LogP contribution in [0.4, 0.5) is 11.6 Å². The van der Waals surface area contributed by atoms with Gasteiger partial charge in [0.15, 0.2) is 23.1 Å². The fourth-order valence-corrected chi connectivity index (χ4v) is 5.25. The number of fused-ring (bicyclic) bond motifs is 1. The molecule has 2 aliphatic heterocycles. The van der Waals surface area contributed by atoms with Crippen LogP contribution in [0.5, 0.6) is 11.5 Å². The molecule has 168 valence electrons. The Kier molecular flexibility index (Phi) is 6.47. The summed E-state index contributed by atoms with van der Waals surface area (Å²) < 4.78 is 39.1. The van der Waals surface area contributed by atoms with E-state index < -0.39 is 10.0 Å². The van der Waals surface area contributed by atoms with E-state index >= 15 is 0 Å². The molecule has 0 bridgehead atoms. The van der Waals surface area contributed by atoms with Gasteiger partial charge in [-0.05, 0) is 38.1 Å². The van der Waals surface area contributed by atoms with Crippen LogP contribution in [0.3, 0.4) is 0 Å². The molecular weight excluding hydrogens is 418 g/mol. The van der Waals surface area contributed by atoms with Gasteiger partial charge in [0.1, 0.15) is 0 Å². The lowest BCUT2D eigenvalue weighted by Gasteiger charge is -2.34. The first kappa shape index (κ1) is 21.6. The van der Waals surface area contributed by atoms with Crippen molar-refractivity contribution in [2.24, 2.45) is 0 Å². The highest BCUT2D eigenvalue weighted by molar-refractivity contribution is 7.89. The third kappa shape index (κ3) is 4.54. The van der Waals surface area contributed by atoms with Crippen LogP contribution in [0.1, 0.15) is 20.3 Å². The summed E-state index contributed by atoms with van der Waals surface area (Å²) in [6.07, 6.45) is 0.775. The molecule has 0 aliphatic carbocycles.